The minimum absolute atomic E-state index is 0. The molecule has 5 fully saturated rings. The van der Waals surface area contributed by atoms with Crippen molar-refractivity contribution in [2.75, 3.05) is 60.0 Å². The van der Waals surface area contributed by atoms with Gasteiger partial charge in [0.15, 0.2) is 6.29 Å². The molecule has 0 radical (unpaired) electrons. The normalized spacial score (nSPS) is 29.7. The number of hydrazine groups is 1. The molecule has 0 spiro atoms. The molecule has 0 saturated carbocycles. The summed E-state index contributed by atoms with van der Waals surface area (Å²) in [7, 11) is 9.40. The van der Waals surface area contributed by atoms with E-state index in [1.807, 2.05) is 30.9 Å². The number of ketones is 5. The van der Waals surface area contributed by atoms with E-state index in [0.29, 0.717) is 30.6 Å². The van der Waals surface area contributed by atoms with Crippen molar-refractivity contribution in [2.24, 2.45) is 5.92 Å². The van der Waals surface area contributed by atoms with Crippen LogP contribution in [0.2, 0.25) is 0 Å². The number of nitrogens with zero attached hydrogens (tertiary/aromatic N) is 5. The van der Waals surface area contributed by atoms with E-state index in [4.69, 9.17) is 14.8 Å². The maximum Gasteiger partial charge on any atom is 0.176 e. The zero-order chi connectivity index (χ0) is 37.7. The quantitative estimate of drug-likeness (QED) is 0.362. The molecular formula is C40H82N6O8S. The third-order valence-corrected chi connectivity index (χ3v) is 11.1. The molecule has 5 heterocycles. The Morgan fingerprint density at radius 3 is 1.53 bits per heavy atom. The minimum Gasteiger partial charge on any atom is -0.366 e. The maximum atomic E-state index is 11.3. The average Bonchev–Trinajstić information content (AvgIpc) is 3.88. The number of carbonyl (C=O) groups is 5. The Labute approximate surface area is 339 Å². The Kier molecular flexibility index (Phi) is 31.9. The molecule has 55 heavy (non-hydrogen) atoms. The minimum atomic E-state index is -0.807. The van der Waals surface area contributed by atoms with Gasteiger partial charge in [-0.3, -0.25) is 48.9 Å². The van der Waals surface area contributed by atoms with Gasteiger partial charge in [0.1, 0.15) is 28.9 Å². The number of allylic oxidation sites excluding steroid dienone is 1. The second kappa shape index (κ2) is 29.3. The van der Waals surface area contributed by atoms with Crippen molar-refractivity contribution in [2.45, 2.75) is 153 Å². The lowest BCUT2D eigenvalue weighted by atomic mass is 9.89. The number of Topliss-reactive ketones (excluding diaryl/α,β-unsaturated/α-hetero) is 5. The molecule has 6 rings (SSSR count). The summed E-state index contributed by atoms with van der Waals surface area (Å²) >= 11 is 1.82. The van der Waals surface area contributed by atoms with Gasteiger partial charge in [-0.05, 0) is 86.7 Å². The van der Waals surface area contributed by atoms with E-state index < -0.39 is 6.29 Å². The number of aliphatic hydroxyl groups is 1. The fraction of sp³-hybridized carbons (Fsp3) is 0.825. The molecule has 2 N–H and O–H groups in total. The maximum absolute atomic E-state index is 11.3. The van der Waals surface area contributed by atoms with Crippen LogP contribution in [0.3, 0.4) is 0 Å². The van der Waals surface area contributed by atoms with E-state index in [1.54, 1.807) is 46.9 Å². The second-order valence-electron chi connectivity index (χ2n) is 13.9. The van der Waals surface area contributed by atoms with E-state index >= 15 is 0 Å². The summed E-state index contributed by atoms with van der Waals surface area (Å²) in [6.07, 6.45) is 9.41. The number of hydrogen-bond donors (Lipinski definition) is 2. The van der Waals surface area contributed by atoms with Gasteiger partial charge in [0, 0.05) is 51.8 Å². The molecule has 0 amide bonds. The molecule has 5 saturated heterocycles. The van der Waals surface area contributed by atoms with Crippen LogP contribution in [-0.4, -0.2) is 162 Å². The van der Waals surface area contributed by atoms with Crippen molar-refractivity contribution in [1.82, 2.24) is 30.4 Å². The van der Waals surface area contributed by atoms with E-state index in [9.17, 15) is 24.0 Å². The third kappa shape index (κ3) is 18.9. The molecule has 0 aromatic rings. The summed E-state index contributed by atoms with van der Waals surface area (Å²) in [5.74, 6) is 3.80. The van der Waals surface area contributed by atoms with Gasteiger partial charge < -0.3 is 5.11 Å². The van der Waals surface area contributed by atoms with Crippen LogP contribution in [0.4, 0.5) is 0 Å². The van der Waals surface area contributed by atoms with E-state index in [1.165, 1.54) is 24.8 Å². The molecule has 6 aliphatic rings. The number of fused-ring (bicyclic) bond motifs is 1. The third-order valence-electron chi connectivity index (χ3n) is 9.98. The zero-order valence-corrected chi connectivity index (χ0v) is 32.6. The average molecular weight is 807 g/mol. The summed E-state index contributed by atoms with van der Waals surface area (Å²) in [5.41, 5.74) is 3.06. The predicted molar refractivity (Wildman–Crippen MR) is 227 cm³/mol. The smallest absolute Gasteiger partial charge is 0.176 e. The monoisotopic (exact) mass is 807 g/mol. The molecule has 5 aliphatic heterocycles. The number of hydroxylamine groups is 4. The Morgan fingerprint density at radius 1 is 0.691 bits per heavy atom. The Morgan fingerprint density at radius 2 is 1.24 bits per heavy atom. The van der Waals surface area contributed by atoms with Crippen LogP contribution in [0, 0.1) is 5.92 Å². The SMILES string of the molecule is C.C.C.C.C.CC(=O)C1CC(O)ON1C.CC(=O)C1CC2CCC=CC2N1C.CC(=O)C1CCNN1C.CC(=O)C1CCON1C.CC(=O)C1CSCN1C. The van der Waals surface area contributed by atoms with E-state index in [2.05, 4.69) is 34.4 Å². The highest BCUT2D eigenvalue weighted by molar-refractivity contribution is 7.99. The summed E-state index contributed by atoms with van der Waals surface area (Å²) in [6, 6.07) is 0.750. The fourth-order valence-electron chi connectivity index (χ4n) is 6.93. The van der Waals surface area contributed by atoms with Crippen LogP contribution in [0.15, 0.2) is 12.2 Å². The first-order chi connectivity index (χ1) is 23.5. The Balaban J connectivity index is -0.000000291. The first-order valence-electron chi connectivity index (χ1n) is 17.5. The number of rotatable bonds is 5. The van der Waals surface area contributed by atoms with Gasteiger partial charge in [-0.25, -0.2) is 5.01 Å². The number of hydrogen-bond acceptors (Lipinski definition) is 15. The molecule has 8 atom stereocenters. The second-order valence-corrected chi connectivity index (χ2v) is 14.9. The largest absolute Gasteiger partial charge is 0.366 e. The molecule has 0 aromatic carbocycles. The molecule has 1 aliphatic carbocycles. The number of aliphatic hydroxyl groups excluding tert-OH is 1. The summed E-state index contributed by atoms with van der Waals surface area (Å²) in [5, 5.41) is 13.8. The van der Waals surface area contributed by atoms with Gasteiger partial charge in [-0.2, -0.15) is 10.1 Å². The Bertz CT molecular complexity index is 1110. The first kappa shape index (κ1) is 59.8. The highest BCUT2D eigenvalue weighted by Gasteiger charge is 2.40. The lowest BCUT2D eigenvalue weighted by Gasteiger charge is -2.26. The molecule has 15 heteroatoms. The summed E-state index contributed by atoms with van der Waals surface area (Å²) in [4.78, 5) is 68.6. The standard InChI is InChI=1S/C11H17NO.C6H12N2O.C6H11NO3.C6H11NO2.C6H11NOS.5CH4/c1-8(13)11-7-9-5-3-4-6-10(9)12(11)2;1-5(9)6-3-4-7-8(6)2;1-4(8)5-3-6(9)10-7(5)2;1-5(8)6-3-4-9-7(6)2;1-5(8)6-3-9-4-7(6)2;;;;;/h4,6,9-11H,3,5,7H2,1-2H3;6-7H,3-4H2,1-2H3;5-6,9H,3H2,1-2H3;2*6H,3-4H2,1-2H3;5*1H4. The number of nitrogens with one attached hydrogen (secondary N) is 1. The van der Waals surface area contributed by atoms with Crippen LogP contribution < -0.4 is 5.43 Å². The van der Waals surface area contributed by atoms with Crippen molar-refractivity contribution < 1.29 is 38.8 Å². The molecular weight excluding hydrogens is 725 g/mol. The predicted octanol–water partition coefficient (Wildman–Crippen LogP) is 4.90. The van der Waals surface area contributed by atoms with Crippen molar-refractivity contribution in [3.8, 4) is 0 Å². The molecule has 0 aromatic heterocycles. The molecule has 14 nitrogen and oxygen atoms in total. The highest BCUT2D eigenvalue weighted by atomic mass is 32.2. The van der Waals surface area contributed by atoms with Gasteiger partial charge in [0.2, 0.25) is 0 Å². The van der Waals surface area contributed by atoms with Gasteiger partial charge in [-0.15, -0.1) is 11.8 Å². The number of likely N-dealkylation sites (tertiary alicyclic amines) is 1. The molecule has 8 unspecified atom stereocenters. The summed E-state index contributed by atoms with van der Waals surface area (Å²) in [6.45, 7) is 9.70. The summed E-state index contributed by atoms with van der Waals surface area (Å²) < 4.78 is 0. The van der Waals surface area contributed by atoms with E-state index in [0.717, 1.165) is 43.4 Å². The van der Waals surface area contributed by atoms with Crippen molar-refractivity contribution in [1.29, 1.82) is 0 Å². The van der Waals surface area contributed by atoms with Gasteiger partial charge in [0.25, 0.3) is 0 Å². The topological polar surface area (TPSA) is 152 Å². The van der Waals surface area contributed by atoms with Crippen LogP contribution in [0.1, 0.15) is 110 Å². The van der Waals surface area contributed by atoms with E-state index in [-0.39, 0.29) is 84.7 Å². The van der Waals surface area contributed by atoms with Crippen molar-refractivity contribution in [3.63, 3.8) is 0 Å². The van der Waals surface area contributed by atoms with Gasteiger partial charge in [-0.1, -0.05) is 49.3 Å². The van der Waals surface area contributed by atoms with Gasteiger partial charge >= 0.3 is 0 Å². The lowest BCUT2D eigenvalue weighted by molar-refractivity contribution is -0.207. The van der Waals surface area contributed by atoms with Gasteiger partial charge in [0.05, 0.1) is 36.8 Å². The van der Waals surface area contributed by atoms with Crippen LogP contribution in [0.5, 0.6) is 0 Å². The number of carbonyl (C=O) groups excluding carboxylic acids is 5. The first-order valence-corrected chi connectivity index (χ1v) is 18.7. The highest BCUT2D eigenvalue weighted by Crippen LogP contribution is 2.35. The van der Waals surface area contributed by atoms with Crippen LogP contribution in [-0.2, 0) is 33.6 Å². The van der Waals surface area contributed by atoms with Crippen molar-refractivity contribution >= 4 is 40.7 Å². The molecule has 0 bridgehead atoms. The lowest BCUT2D eigenvalue weighted by Crippen LogP contribution is -2.36. The number of likely N-dealkylation sites (N-methyl/N-ethyl adjacent to an activating group) is 5. The Hall–Kier alpha value is -1.92. The molecule has 326 valence electrons. The number of thioether (sulfide) groups is 1. The fourth-order valence-corrected chi connectivity index (χ4v) is 8.22. The van der Waals surface area contributed by atoms with Crippen LogP contribution >= 0.6 is 11.8 Å². The van der Waals surface area contributed by atoms with Crippen molar-refractivity contribution in [3.05, 3.63) is 12.2 Å². The van der Waals surface area contributed by atoms with Crippen LogP contribution in [0.25, 0.3) is 0 Å². The zero-order valence-electron chi connectivity index (χ0n) is 31.8.